The van der Waals surface area contributed by atoms with E-state index in [0.717, 1.165) is 0 Å². The number of carbonyl (C=O) groups excluding carboxylic acids is 2. The molecule has 0 saturated heterocycles. The fourth-order valence-corrected chi connectivity index (χ4v) is 1.59. The SMILES string of the molecule is COC(=O)c1cc(Cl)cc(OC)c1C(C)=O. The molecule has 0 fully saturated rings. The van der Waals surface area contributed by atoms with E-state index in [0.29, 0.717) is 5.02 Å². The van der Waals surface area contributed by atoms with Gasteiger partial charge >= 0.3 is 5.97 Å². The van der Waals surface area contributed by atoms with Gasteiger partial charge in [-0.2, -0.15) is 0 Å². The molecular formula is C11H11ClO4. The van der Waals surface area contributed by atoms with E-state index in [-0.39, 0.29) is 22.7 Å². The van der Waals surface area contributed by atoms with Crippen LogP contribution in [-0.4, -0.2) is 26.0 Å². The molecule has 0 aliphatic heterocycles. The van der Waals surface area contributed by atoms with Crippen LogP contribution in [-0.2, 0) is 4.74 Å². The highest BCUT2D eigenvalue weighted by Gasteiger charge is 2.20. The molecule has 0 aliphatic carbocycles. The first-order chi connectivity index (χ1) is 7.51. The first-order valence-electron chi connectivity index (χ1n) is 4.48. The molecule has 0 N–H and O–H groups in total. The molecule has 0 amide bonds. The van der Waals surface area contributed by atoms with Crippen molar-refractivity contribution in [3.05, 3.63) is 28.3 Å². The molecule has 1 rings (SSSR count). The predicted octanol–water partition coefficient (Wildman–Crippen LogP) is 2.34. The van der Waals surface area contributed by atoms with E-state index in [1.807, 2.05) is 0 Å². The van der Waals surface area contributed by atoms with Gasteiger partial charge in [0.05, 0.1) is 25.3 Å². The number of halogens is 1. The van der Waals surface area contributed by atoms with Crippen molar-refractivity contribution in [2.24, 2.45) is 0 Å². The minimum atomic E-state index is -0.619. The van der Waals surface area contributed by atoms with Crippen molar-refractivity contribution in [3.8, 4) is 5.75 Å². The van der Waals surface area contributed by atoms with Gasteiger partial charge in [0, 0.05) is 5.02 Å². The molecule has 0 radical (unpaired) electrons. The molecule has 86 valence electrons. The first kappa shape index (κ1) is 12.5. The molecule has 0 heterocycles. The third kappa shape index (κ3) is 2.33. The van der Waals surface area contributed by atoms with Crippen LogP contribution in [0.25, 0.3) is 0 Å². The summed E-state index contributed by atoms with van der Waals surface area (Å²) in [7, 11) is 2.64. The molecular weight excluding hydrogens is 232 g/mol. The molecule has 0 aliphatic rings. The van der Waals surface area contributed by atoms with Gasteiger partial charge < -0.3 is 9.47 Å². The maximum atomic E-state index is 11.5. The Balaban J connectivity index is 3.50. The van der Waals surface area contributed by atoms with Gasteiger partial charge in [-0.1, -0.05) is 11.6 Å². The molecule has 0 bridgehead atoms. The molecule has 0 spiro atoms. The lowest BCUT2D eigenvalue weighted by atomic mass is 10.0. The minimum absolute atomic E-state index is 0.111. The molecule has 0 aromatic heterocycles. The standard InChI is InChI=1S/C11H11ClO4/c1-6(13)10-8(11(14)16-3)4-7(12)5-9(10)15-2/h4-5H,1-3H3. The van der Waals surface area contributed by atoms with Crippen molar-refractivity contribution >= 4 is 23.4 Å². The second kappa shape index (κ2) is 4.99. The highest BCUT2D eigenvalue weighted by molar-refractivity contribution is 6.31. The van der Waals surface area contributed by atoms with Gasteiger partial charge in [-0.3, -0.25) is 4.79 Å². The number of ether oxygens (including phenoxy) is 2. The number of benzene rings is 1. The first-order valence-corrected chi connectivity index (χ1v) is 4.85. The lowest BCUT2D eigenvalue weighted by molar-refractivity contribution is 0.0596. The van der Waals surface area contributed by atoms with E-state index >= 15 is 0 Å². The highest BCUT2D eigenvalue weighted by Crippen LogP contribution is 2.28. The van der Waals surface area contributed by atoms with E-state index in [2.05, 4.69) is 4.74 Å². The zero-order chi connectivity index (χ0) is 12.3. The van der Waals surface area contributed by atoms with Gasteiger partial charge in [0.2, 0.25) is 0 Å². The van der Waals surface area contributed by atoms with Crippen LogP contribution < -0.4 is 4.74 Å². The van der Waals surface area contributed by atoms with Crippen LogP contribution in [0.1, 0.15) is 27.6 Å². The average Bonchev–Trinajstić information content (AvgIpc) is 2.26. The summed E-state index contributed by atoms with van der Waals surface area (Å²) in [5, 5.41) is 0.308. The maximum absolute atomic E-state index is 11.5. The van der Waals surface area contributed by atoms with Crippen LogP contribution >= 0.6 is 11.6 Å². The summed E-state index contributed by atoms with van der Waals surface area (Å²) in [4.78, 5) is 22.9. The van der Waals surface area contributed by atoms with Crippen molar-refractivity contribution in [1.29, 1.82) is 0 Å². The summed E-state index contributed by atoms with van der Waals surface area (Å²) < 4.78 is 9.59. The Kier molecular flexibility index (Phi) is 3.90. The summed E-state index contributed by atoms with van der Waals surface area (Å²) in [6, 6.07) is 2.86. The van der Waals surface area contributed by atoms with Crippen LogP contribution in [0.15, 0.2) is 12.1 Å². The number of rotatable bonds is 3. The number of methoxy groups -OCH3 is 2. The van der Waals surface area contributed by atoms with Gasteiger partial charge in [-0.15, -0.1) is 0 Å². The largest absolute Gasteiger partial charge is 0.496 e. The monoisotopic (exact) mass is 242 g/mol. The fraction of sp³-hybridized carbons (Fsp3) is 0.273. The normalized spacial score (nSPS) is 9.75. The molecule has 4 nitrogen and oxygen atoms in total. The smallest absolute Gasteiger partial charge is 0.338 e. The molecule has 0 atom stereocenters. The number of Topliss-reactive ketones (excluding diaryl/α,β-unsaturated/α-hetero) is 1. The van der Waals surface area contributed by atoms with Crippen molar-refractivity contribution in [2.75, 3.05) is 14.2 Å². The van der Waals surface area contributed by atoms with Gasteiger partial charge in [-0.05, 0) is 19.1 Å². The molecule has 5 heteroatoms. The summed E-state index contributed by atoms with van der Waals surface area (Å²) in [5.41, 5.74) is 0.290. The Hall–Kier alpha value is -1.55. The Bertz CT molecular complexity index is 440. The Morgan fingerprint density at radius 3 is 2.31 bits per heavy atom. The van der Waals surface area contributed by atoms with Crippen LogP contribution in [0.3, 0.4) is 0 Å². The molecule has 1 aromatic carbocycles. The zero-order valence-corrected chi connectivity index (χ0v) is 9.92. The summed E-state index contributed by atoms with van der Waals surface area (Å²) >= 11 is 5.81. The molecule has 0 saturated carbocycles. The number of ketones is 1. The fourth-order valence-electron chi connectivity index (χ4n) is 1.38. The number of esters is 1. The summed E-state index contributed by atoms with van der Waals surface area (Å²) in [6.07, 6.45) is 0. The van der Waals surface area contributed by atoms with E-state index in [4.69, 9.17) is 16.3 Å². The second-order valence-corrected chi connectivity index (χ2v) is 3.51. The van der Waals surface area contributed by atoms with Gasteiger partial charge in [0.15, 0.2) is 5.78 Å². The third-order valence-electron chi connectivity index (χ3n) is 2.04. The van der Waals surface area contributed by atoms with E-state index in [1.165, 1.54) is 33.3 Å². The Morgan fingerprint density at radius 2 is 1.88 bits per heavy atom. The molecule has 1 aromatic rings. The van der Waals surface area contributed by atoms with Crippen LogP contribution in [0.4, 0.5) is 0 Å². The Morgan fingerprint density at radius 1 is 1.25 bits per heavy atom. The van der Waals surface area contributed by atoms with Crippen LogP contribution in [0, 0.1) is 0 Å². The molecule has 16 heavy (non-hydrogen) atoms. The molecule has 0 unspecified atom stereocenters. The predicted molar refractivity (Wildman–Crippen MR) is 59.3 cm³/mol. The van der Waals surface area contributed by atoms with Crippen molar-refractivity contribution in [2.45, 2.75) is 6.92 Å². The summed E-state index contributed by atoms with van der Waals surface area (Å²) in [6.45, 7) is 1.35. The Labute approximate surface area is 98.1 Å². The topological polar surface area (TPSA) is 52.6 Å². The minimum Gasteiger partial charge on any atom is -0.496 e. The van der Waals surface area contributed by atoms with E-state index in [1.54, 1.807) is 0 Å². The van der Waals surface area contributed by atoms with Crippen molar-refractivity contribution < 1.29 is 19.1 Å². The van der Waals surface area contributed by atoms with Crippen LogP contribution in [0.5, 0.6) is 5.75 Å². The third-order valence-corrected chi connectivity index (χ3v) is 2.26. The van der Waals surface area contributed by atoms with Gasteiger partial charge in [0.1, 0.15) is 5.75 Å². The lowest BCUT2D eigenvalue weighted by Gasteiger charge is -2.10. The van der Waals surface area contributed by atoms with E-state index < -0.39 is 5.97 Å². The number of carbonyl (C=O) groups is 2. The quantitative estimate of drug-likeness (QED) is 0.603. The van der Waals surface area contributed by atoms with Crippen molar-refractivity contribution in [1.82, 2.24) is 0 Å². The van der Waals surface area contributed by atoms with E-state index in [9.17, 15) is 9.59 Å². The average molecular weight is 243 g/mol. The van der Waals surface area contributed by atoms with Gasteiger partial charge in [-0.25, -0.2) is 4.79 Å². The van der Waals surface area contributed by atoms with Crippen LogP contribution in [0.2, 0.25) is 5.02 Å². The number of hydrogen-bond acceptors (Lipinski definition) is 4. The van der Waals surface area contributed by atoms with Crippen molar-refractivity contribution in [3.63, 3.8) is 0 Å². The highest BCUT2D eigenvalue weighted by atomic mass is 35.5. The summed E-state index contributed by atoms with van der Waals surface area (Å²) in [5.74, 6) is -0.639. The van der Waals surface area contributed by atoms with Gasteiger partial charge in [0.25, 0.3) is 0 Å². The zero-order valence-electron chi connectivity index (χ0n) is 9.17. The second-order valence-electron chi connectivity index (χ2n) is 3.08. The lowest BCUT2D eigenvalue weighted by Crippen LogP contribution is -2.10. The maximum Gasteiger partial charge on any atom is 0.338 e. The number of hydrogen-bond donors (Lipinski definition) is 0.